The minimum absolute atomic E-state index is 0.0394. The highest BCUT2D eigenvalue weighted by Gasteiger charge is 2.21. The molecule has 23 heavy (non-hydrogen) atoms. The lowest BCUT2D eigenvalue weighted by Crippen LogP contribution is -2.40. The highest BCUT2D eigenvalue weighted by Crippen LogP contribution is 2.13. The van der Waals surface area contributed by atoms with Crippen LogP contribution in [0.1, 0.15) is 37.0 Å². The fourth-order valence-corrected chi connectivity index (χ4v) is 2.57. The molecule has 0 unspecified atom stereocenters. The summed E-state index contributed by atoms with van der Waals surface area (Å²) in [6, 6.07) is 6.11. The minimum Gasteiger partial charge on any atom is -0.480 e. The number of nitrogens with zero attached hydrogens (tertiary/aromatic N) is 1. The van der Waals surface area contributed by atoms with Gasteiger partial charge in [-0.3, -0.25) is 9.59 Å². The standard InChI is InChI=1S/C17H25BrN2O3/c1-3-20(4-2)11-5-10-19-15(17(22)23)12-16(21)13-6-8-14(18)9-7-13/h6-9,15,19H,3-5,10-12H2,1-2H3,(H,22,23)/t15-/m1/s1. The van der Waals surface area contributed by atoms with Gasteiger partial charge in [-0.15, -0.1) is 0 Å². The van der Waals surface area contributed by atoms with Crippen molar-refractivity contribution < 1.29 is 14.7 Å². The van der Waals surface area contributed by atoms with E-state index >= 15 is 0 Å². The third-order valence-corrected chi connectivity index (χ3v) is 4.32. The predicted molar refractivity (Wildman–Crippen MR) is 94.9 cm³/mol. The molecule has 1 aromatic rings. The van der Waals surface area contributed by atoms with Crippen molar-refractivity contribution in [1.82, 2.24) is 10.2 Å². The van der Waals surface area contributed by atoms with Crippen LogP contribution in [0.25, 0.3) is 0 Å². The van der Waals surface area contributed by atoms with E-state index in [-0.39, 0.29) is 12.2 Å². The van der Waals surface area contributed by atoms with Crippen LogP contribution < -0.4 is 5.32 Å². The normalized spacial score (nSPS) is 12.3. The highest BCUT2D eigenvalue weighted by molar-refractivity contribution is 9.10. The summed E-state index contributed by atoms with van der Waals surface area (Å²) in [7, 11) is 0. The van der Waals surface area contributed by atoms with Crippen LogP contribution in [0.4, 0.5) is 0 Å². The molecule has 0 aliphatic heterocycles. The van der Waals surface area contributed by atoms with Crippen LogP contribution in [0, 0.1) is 0 Å². The number of carboxylic acid groups (broad SMARTS) is 1. The summed E-state index contributed by atoms with van der Waals surface area (Å²) < 4.78 is 0.887. The summed E-state index contributed by atoms with van der Waals surface area (Å²) in [5.41, 5.74) is 0.532. The third-order valence-electron chi connectivity index (χ3n) is 3.79. The number of benzene rings is 1. The lowest BCUT2D eigenvalue weighted by atomic mass is 10.0. The van der Waals surface area contributed by atoms with Crippen LogP contribution in [-0.2, 0) is 4.79 Å². The molecule has 1 atom stereocenters. The number of nitrogens with one attached hydrogen (secondary N) is 1. The van der Waals surface area contributed by atoms with Gasteiger partial charge in [0.2, 0.25) is 0 Å². The van der Waals surface area contributed by atoms with Gasteiger partial charge in [0.05, 0.1) is 0 Å². The van der Waals surface area contributed by atoms with Gasteiger partial charge >= 0.3 is 5.97 Å². The van der Waals surface area contributed by atoms with Crippen molar-refractivity contribution >= 4 is 27.7 Å². The first-order valence-electron chi connectivity index (χ1n) is 7.95. The fraction of sp³-hybridized carbons (Fsp3) is 0.529. The number of rotatable bonds is 11. The molecule has 128 valence electrons. The van der Waals surface area contributed by atoms with Gasteiger partial charge in [0.1, 0.15) is 6.04 Å². The largest absolute Gasteiger partial charge is 0.480 e. The predicted octanol–water partition coefficient (Wildman–Crippen LogP) is 2.80. The molecule has 0 radical (unpaired) electrons. The number of hydrogen-bond acceptors (Lipinski definition) is 4. The van der Waals surface area contributed by atoms with Crippen molar-refractivity contribution in [2.75, 3.05) is 26.2 Å². The zero-order valence-electron chi connectivity index (χ0n) is 13.7. The second-order valence-corrected chi connectivity index (χ2v) is 6.28. The summed E-state index contributed by atoms with van der Waals surface area (Å²) in [5.74, 6) is -1.15. The summed E-state index contributed by atoms with van der Waals surface area (Å²) in [4.78, 5) is 25.8. The second-order valence-electron chi connectivity index (χ2n) is 5.36. The summed E-state index contributed by atoms with van der Waals surface area (Å²) in [5, 5.41) is 12.3. The van der Waals surface area contributed by atoms with Gasteiger partial charge in [-0.1, -0.05) is 41.9 Å². The Labute approximate surface area is 146 Å². The molecule has 0 aliphatic carbocycles. The number of aliphatic carboxylic acids is 1. The molecule has 0 heterocycles. The van der Waals surface area contributed by atoms with Crippen LogP contribution in [0.2, 0.25) is 0 Å². The van der Waals surface area contributed by atoms with Crippen molar-refractivity contribution in [2.45, 2.75) is 32.7 Å². The maximum absolute atomic E-state index is 12.2. The van der Waals surface area contributed by atoms with E-state index in [0.717, 1.165) is 30.5 Å². The van der Waals surface area contributed by atoms with Gasteiger partial charge in [-0.2, -0.15) is 0 Å². The Bertz CT molecular complexity index is 501. The minimum atomic E-state index is -0.988. The smallest absolute Gasteiger partial charge is 0.321 e. The summed E-state index contributed by atoms with van der Waals surface area (Å²) >= 11 is 3.31. The molecule has 0 bridgehead atoms. The first kappa shape index (κ1) is 19.8. The van der Waals surface area contributed by atoms with Crippen LogP contribution in [0.15, 0.2) is 28.7 Å². The molecule has 0 spiro atoms. The number of hydrogen-bond donors (Lipinski definition) is 2. The van der Waals surface area contributed by atoms with E-state index in [9.17, 15) is 14.7 Å². The first-order valence-corrected chi connectivity index (χ1v) is 8.74. The lowest BCUT2D eigenvalue weighted by molar-refractivity contribution is -0.139. The van der Waals surface area contributed by atoms with Gasteiger partial charge in [0.25, 0.3) is 0 Å². The molecule has 0 aliphatic rings. The number of carbonyl (C=O) groups is 2. The highest BCUT2D eigenvalue weighted by atomic mass is 79.9. The Morgan fingerprint density at radius 2 is 1.83 bits per heavy atom. The Hall–Kier alpha value is -1.24. The van der Waals surface area contributed by atoms with Crippen LogP contribution in [0.3, 0.4) is 0 Å². The first-order chi connectivity index (χ1) is 11.0. The Morgan fingerprint density at radius 3 is 2.35 bits per heavy atom. The number of carbonyl (C=O) groups excluding carboxylic acids is 1. The molecular weight excluding hydrogens is 360 g/mol. The van der Waals surface area contributed by atoms with E-state index in [0.29, 0.717) is 12.1 Å². The zero-order valence-corrected chi connectivity index (χ0v) is 15.3. The van der Waals surface area contributed by atoms with Crippen molar-refractivity contribution in [1.29, 1.82) is 0 Å². The van der Waals surface area contributed by atoms with Crippen LogP contribution >= 0.6 is 15.9 Å². The van der Waals surface area contributed by atoms with Gasteiger partial charge in [-0.05, 0) is 44.7 Å². The molecule has 0 saturated carbocycles. The second kappa shape index (κ2) is 10.5. The Morgan fingerprint density at radius 1 is 1.22 bits per heavy atom. The molecule has 1 rings (SSSR count). The van der Waals surface area contributed by atoms with Gasteiger partial charge < -0.3 is 15.3 Å². The lowest BCUT2D eigenvalue weighted by Gasteiger charge is -2.19. The SMILES string of the molecule is CCN(CC)CCCN[C@H](CC(=O)c1ccc(Br)cc1)C(=O)O. The van der Waals surface area contributed by atoms with Crippen molar-refractivity contribution in [3.63, 3.8) is 0 Å². The van der Waals surface area contributed by atoms with Gasteiger partial charge in [-0.25, -0.2) is 0 Å². The van der Waals surface area contributed by atoms with E-state index in [2.05, 4.69) is 40.0 Å². The van der Waals surface area contributed by atoms with Crippen LogP contribution in [0.5, 0.6) is 0 Å². The maximum atomic E-state index is 12.2. The molecular formula is C17H25BrN2O3. The fourth-order valence-electron chi connectivity index (χ4n) is 2.30. The van der Waals surface area contributed by atoms with E-state index in [1.54, 1.807) is 24.3 Å². The number of Topliss-reactive ketones (excluding diaryl/α,β-unsaturated/α-hetero) is 1. The quantitative estimate of drug-likeness (QED) is 0.453. The topological polar surface area (TPSA) is 69.6 Å². The van der Waals surface area contributed by atoms with Gasteiger partial charge in [0, 0.05) is 16.5 Å². The van der Waals surface area contributed by atoms with Crippen molar-refractivity contribution in [3.8, 4) is 0 Å². The van der Waals surface area contributed by atoms with Crippen molar-refractivity contribution in [3.05, 3.63) is 34.3 Å². The van der Waals surface area contributed by atoms with Gasteiger partial charge in [0.15, 0.2) is 5.78 Å². The third kappa shape index (κ3) is 7.24. The zero-order chi connectivity index (χ0) is 17.2. The molecule has 5 nitrogen and oxygen atoms in total. The summed E-state index contributed by atoms with van der Waals surface area (Å²) in [6.45, 7) is 7.69. The molecule has 1 aromatic carbocycles. The summed E-state index contributed by atoms with van der Waals surface area (Å²) in [6.07, 6.45) is 0.820. The molecule has 0 aromatic heterocycles. The van der Waals surface area contributed by atoms with E-state index in [1.807, 2.05) is 0 Å². The van der Waals surface area contributed by atoms with Crippen molar-refractivity contribution in [2.24, 2.45) is 0 Å². The van der Waals surface area contributed by atoms with Crippen LogP contribution in [-0.4, -0.2) is 54.0 Å². The average Bonchev–Trinajstić information content (AvgIpc) is 2.54. The molecule has 0 saturated heterocycles. The molecule has 0 fully saturated rings. The Balaban J connectivity index is 2.47. The number of ketones is 1. The van der Waals surface area contributed by atoms with E-state index in [1.165, 1.54) is 0 Å². The molecule has 0 amide bonds. The van der Waals surface area contributed by atoms with E-state index < -0.39 is 12.0 Å². The monoisotopic (exact) mass is 384 g/mol. The molecule has 2 N–H and O–H groups in total. The van der Waals surface area contributed by atoms with E-state index in [4.69, 9.17) is 0 Å². The Kier molecular flexibility index (Phi) is 9.06. The average molecular weight is 385 g/mol. The maximum Gasteiger partial charge on any atom is 0.321 e. The molecule has 6 heteroatoms. The number of halogens is 1. The number of carboxylic acids is 1.